The molecule has 1 fully saturated rings. The maximum Gasteiger partial charge on any atom is 0.321 e. The van der Waals surface area contributed by atoms with E-state index in [4.69, 9.17) is 0 Å². The smallest absolute Gasteiger partial charge is 0.321 e. The molecular weight excluding hydrogens is 368 g/mol. The van der Waals surface area contributed by atoms with Crippen LogP contribution in [0.15, 0.2) is 27.1 Å². The lowest BCUT2D eigenvalue weighted by Gasteiger charge is -2.26. The second-order valence-corrected chi connectivity index (χ2v) is 6.65. The van der Waals surface area contributed by atoms with Crippen molar-refractivity contribution < 1.29 is 4.79 Å². The molecule has 0 radical (unpaired) electrons. The highest BCUT2D eigenvalue weighted by Gasteiger charge is 2.17. The number of thioether (sulfide) groups is 1. The lowest BCUT2D eigenvalue weighted by Crippen LogP contribution is -2.40. The van der Waals surface area contributed by atoms with Gasteiger partial charge in [-0.25, -0.2) is 4.79 Å². The summed E-state index contributed by atoms with van der Waals surface area (Å²) >= 11 is 8.71. The van der Waals surface area contributed by atoms with Crippen LogP contribution < -0.4 is 5.32 Å². The molecule has 1 heterocycles. The summed E-state index contributed by atoms with van der Waals surface area (Å²) in [7, 11) is 0. The maximum absolute atomic E-state index is 12.0. The van der Waals surface area contributed by atoms with E-state index in [1.54, 1.807) is 0 Å². The molecule has 0 unspecified atom stereocenters. The van der Waals surface area contributed by atoms with E-state index in [1.807, 2.05) is 34.9 Å². The van der Waals surface area contributed by atoms with Gasteiger partial charge in [0.2, 0.25) is 0 Å². The molecule has 3 nitrogen and oxygen atoms in total. The zero-order valence-electron chi connectivity index (χ0n) is 9.08. The molecule has 0 spiro atoms. The molecule has 0 saturated carbocycles. The number of halogens is 2. The van der Waals surface area contributed by atoms with Crippen molar-refractivity contribution >= 4 is 55.3 Å². The summed E-state index contributed by atoms with van der Waals surface area (Å²) in [4.78, 5) is 13.8. The molecule has 0 aliphatic carbocycles. The predicted octanol–water partition coefficient (Wildman–Crippen LogP) is 3.79. The Kier molecular flexibility index (Phi) is 4.76. The summed E-state index contributed by atoms with van der Waals surface area (Å²) < 4.78 is 1.86. The summed E-state index contributed by atoms with van der Waals surface area (Å²) in [5.41, 5.74) is 0.802. The predicted molar refractivity (Wildman–Crippen MR) is 79.8 cm³/mol. The molecule has 6 heteroatoms. The SMILES string of the molecule is O=C(Nc1ccc(Br)cc1Br)N1CCSCC1. The number of hydrogen-bond acceptors (Lipinski definition) is 2. The molecular formula is C11H12Br2N2OS. The largest absolute Gasteiger partial charge is 0.323 e. The Hall–Kier alpha value is -0.200. The highest BCUT2D eigenvalue weighted by atomic mass is 79.9. The highest BCUT2D eigenvalue weighted by molar-refractivity contribution is 9.11. The molecule has 0 aromatic heterocycles. The molecule has 1 aromatic rings. The third-order valence-electron chi connectivity index (χ3n) is 2.47. The van der Waals surface area contributed by atoms with Gasteiger partial charge in [-0.1, -0.05) is 15.9 Å². The molecule has 1 N–H and O–H groups in total. The Bertz CT molecular complexity index is 422. The van der Waals surface area contributed by atoms with Crippen molar-refractivity contribution in [2.24, 2.45) is 0 Å². The van der Waals surface area contributed by atoms with Crippen LogP contribution >= 0.6 is 43.6 Å². The number of nitrogens with one attached hydrogen (secondary N) is 1. The molecule has 2 amide bonds. The Morgan fingerprint density at radius 3 is 2.65 bits per heavy atom. The van der Waals surface area contributed by atoms with Crippen LogP contribution in [0.3, 0.4) is 0 Å². The molecule has 0 atom stereocenters. The molecule has 17 heavy (non-hydrogen) atoms. The van der Waals surface area contributed by atoms with Gasteiger partial charge in [-0.3, -0.25) is 0 Å². The summed E-state index contributed by atoms with van der Waals surface area (Å²) in [6, 6.07) is 5.69. The van der Waals surface area contributed by atoms with Gasteiger partial charge >= 0.3 is 6.03 Å². The number of benzene rings is 1. The van der Waals surface area contributed by atoms with Gasteiger partial charge in [0, 0.05) is 33.5 Å². The summed E-state index contributed by atoms with van der Waals surface area (Å²) in [6.07, 6.45) is 0. The molecule has 1 aromatic carbocycles. The molecule has 1 saturated heterocycles. The van der Waals surface area contributed by atoms with E-state index in [2.05, 4.69) is 37.2 Å². The fourth-order valence-electron chi connectivity index (χ4n) is 1.55. The van der Waals surface area contributed by atoms with Crippen LogP contribution in [0.2, 0.25) is 0 Å². The average Bonchev–Trinajstić information content (AvgIpc) is 2.34. The minimum absolute atomic E-state index is 0.0201. The average molecular weight is 380 g/mol. The number of urea groups is 1. The third-order valence-corrected chi connectivity index (χ3v) is 4.56. The number of hydrogen-bond donors (Lipinski definition) is 1. The Labute approximate surface area is 122 Å². The van der Waals surface area contributed by atoms with Crippen molar-refractivity contribution in [2.75, 3.05) is 29.9 Å². The van der Waals surface area contributed by atoms with Gasteiger partial charge in [0.05, 0.1) is 5.69 Å². The van der Waals surface area contributed by atoms with Crippen LogP contribution in [0.5, 0.6) is 0 Å². The maximum atomic E-state index is 12.0. The lowest BCUT2D eigenvalue weighted by atomic mass is 10.3. The van der Waals surface area contributed by atoms with Gasteiger partial charge in [0.25, 0.3) is 0 Å². The first kappa shape index (κ1) is 13.2. The summed E-state index contributed by atoms with van der Waals surface area (Å²) in [5, 5.41) is 2.92. The summed E-state index contributed by atoms with van der Waals surface area (Å²) in [5.74, 6) is 2.05. The number of rotatable bonds is 1. The van der Waals surface area contributed by atoms with E-state index in [1.165, 1.54) is 0 Å². The van der Waals surface area contributed by atoms with E-state index in [0.717, 1.165) is 39.2 Å². The van der Waals surface area contributed by atoms with Gasteiger partial charge in [-0.2, -0.15) is 11.8 Å². The van der Waals surface area contributed by atoms with Gasteiger partial charge in [-0.05, 0) is 34.1 Å². The monoisotopic (exact) mass is 378 g/mol. The van der Waals surface area contributed by atoms with Crippen LogP contribution in [0.1, 0.15) is 0 Å². The van der Waals surface area contributed by atoms with E-state index in [9.17, 15) is 4.79 Å². The molecule has 0 bridgehead atoms. The Morgan fingerprint density at radius 2 is 2.00 bits per heavy atom. The molecule has 1 aliphatic rings. The number of nitrogens with zero attached hydrogens (tertiary/aromatic N) is 1. The van der Waals surface area contributed by atoms with Crippen molar-refractivity contribution in [3.8, 4) is 0 Å². The first-order valence-electron chi connectivity index (χ1n) is 5.25. The molecule has 2 rings (SSSR count). The van der Waals surface area contributed by atoms with Gasteiger partial charge < -0.3 is 10.2 Å². The minimum atomic E-state index is -0.0201. The molecule has 92 valence electrons. The second-order valence-electron chi connectivity index (χ2n) is 3.65. The van der Waals surface area contributed by atoms with Gasteiger partial charge in [-0.15, -0.1) is 0 Å². The first-order valence-corrected chi connectivity index (χ1v) is 7.99. The number of carbonyl (C=O) groups excluding carboxylic acids is 1. The quantitative estimate of drug-likeness (QED) is 0.804. The number of amides is 2. The lowest BCUT2D eigenvalue weighted by molar-refractivity contribution is 0.217. The van der Waals surface area contributed by atoms with Crippen molar-refractivity contribution in [1.29, 1.82) is 0 Å². The van der Waals surface area contributed by atoms with Crippen LogP contribution in [-0.2, 0) is 0 Å². The van der Waals surface area contributed by atoms with Gasteiger partial charge in [0.15, 0.2) is 0 Å². The van der Waals surface area contributed by atoms with Gasteiger partial charge in [0.1, 0.15) is 0 Å². The zero-order valence-corrected chi connectivity index (χ0v) is 13.1. The van der Waals surface area contributed by atoms with Crippen molar-refractivity contribution in [3.63, 3.8) is 0 Å². The topological polar surface area (TPSA) is 32.3 Å². The van der Waals surface area contributed by atoms with Crippen molar-refractivity contribution in [3.05, 3.63) is 27.1 Å². The zero-order chi connectivity index (χ0) is 12.3. The van der Waals surface area contributed by atoms with Crippen molar-refractivity contribution in [2.45, 2.75) is 0 Å². The van der Waals surface area contributed by atoms with Crippen LogP contribution in [-0.4, -0.2) is 35.5 Å². The van der Waals surface area contributed by atoms with Crippen LogP contribution in [0.25, 0.3) is 0 Å². The fourth-order valence-corrected chi connectivity index (χ4v) is 3.60. The minimum Gasteiger partial charge on any atom is -0.323 e. The number of anilines is 1. The van der Waals surface area contributed by atoms with Crippen molar-refractivity contribution in [1.82, 2.24) is 4.90 Å². The van der Waals surface area contributed by atoms with E-state index >= 15 is 0 Å². The standard InChI is InChI=1S/C11H12Br2N2OS/c12-8-1-2-10(9(13)7-8)14-11(16)15-3-5-17-6-4-15/h1-2,7H,3-6H2,(H,14,16). The van der Waals surface area contributed by atoms with E-state index in [-0.39, 0.29) is 6.03 Å². The first-order chi connectivity index (χ1) is 8.16. The third kappa shape index (κ3) is 3.63. The Balaban J connectivity index is 2.02. The Morgan fingerprint density at radius 1 is 1.29 bits per heavy atom. The van der Waals surface area contributed by atoms with E-state index in [0.29, 0.717) is 0 Å². The fraction of sp³-hybridized carbons (Fsp3) is 0.364. The molecule has 1 aliphatic heterocycles. The van der Waals surface area contributed by atoms with E-state index < -0.39 is 0 Å². The van der Waals surface area contributed by atoms with Crippen LogP contribution in [0, 0.1) is 0 Å². The van der Waals surface area contributed by atoms with Crippen LogP contribution in [0.4, 0.5) is 10.5 Å². The number of carbonyl (C=O) groups is 1. The second kappa shape index (κ2) is 6.11. The normalized spacial score (nSPS) is 15.8. The highest BCUT2D eigenvalue weighted by Crippen LogP contribution is 2.26. The summed E-state index contributed by atoms with van der Waals surface area (Å²) in [6.45, 7) is 1.65.